The number of nitrogens with one attached hydrogen (secondary N) is 2. The van der Waals surface area contributed by atoms with E-state index < -0.39 is 5.91 Å². The van der Waals surface area contributed by atoms with Crippen molar-refractivity contribution >= 4 is 50.3 Å². The largest absolute Gasteiger partial charge is 0.495 e. The van der Waals surface area contributed by atoms with E-state index in [1.807, 2.05) is 48.5 Å². The van der Waals surface area contributed by atoms with Crippen molar-refractivity contribution in [2.24, 2.45) is 0 Å². The number of rotatable bonds is 12. The molecule has 5 rings (SSSR count). The molecule has 222 valence electrons. The second-order valence-corrected chi connectivity index (χ2v) is 10.8. The van der Waals surface area contributed by atoms with E-state index in [-0.39, 0.29) is 18.2 Å². The van der Waals surface area contributed by atoms with Crippen LogP contribution in [-0.4, -0.2) is 65.8 Å². The monoisotopic (exact) mass is 620 g/mol. The molecule has 0 bridgehead atoms. The highest BCUT2D eigenvalue weighted by molar-refractivity contribution is 7.99. The van der Waals surface area contributed by atoms with Crippen molar-refractivity contribution in [3.63, 3.8) is 0 Å². The number of benzene rings is 3. The van der Waals surface area contributed by atoms with Crippen LogP contribution in [0.25, 0.3) is 15.9 Å². The lowest BCUT2D eigenvalue weighted by Crippen LogP contribution is -2.25. The van der Waals surface area contributed by atoms with Crippen LogP contribution in [0, 0.1) is 0 Å². The normalized spacial score (nSPS) is 10.8. The Balaban J connectivity index is 1.36. The minimum absolute atomic E-state index is 0.0268. The number of nitrogens with zero attached hydrogens (tertiary/aromatic N) is 4. The molecule has 0 aliphatic rings. The molecule has 2 amide bonds. The summed E-state index contributed by atoms with van der Waals surface area (Å²) >= 11 is 2.61. The number of ether oxygens (including phenoxy) is 4. The van der Waals surface area contributed by atoms with Crippen LogP contribution in [-0.2, 0) is 11.3 Å². The van der Waals surface area contributed by atoms with Gasteiger partial charge in [0.1, 0.15) is 5.75 Å². The zero-order valence-corrected chi connectivity index (χ0v) is 25.4. The maximum atomic E-state index is 13.2. The fourth-order valence-corrected chi connectivity index (χ4v) is 5.90. The van der Waals surface area contributed by atoms with E-state index in [1.165, 1.54) is 44.4 Å². The summed E-state index contributed by atoms with van der Waals surface area (Å²) in [5, 5.41) is 15.4. The lowest BCUT2D eigenvalue weighted by Gasteiger charge is -2.15. The van der Waals surface area contributed by atoms with Gasteiger partial charge in [-0.05, 0) is 36.4 Å². The third-order valence-corrected chi connectivity index (χ3v) is 8.11. The molecule has 2 heterocycles. The second kappa shape index (κ2) is 13.4. The molecule has 2 N–H and O–H groups in total. The summed E-state index contributed by atoms with van der Waals surface area (Å²) in [6, 6.07) is 18.2. The Morgan fingerprint density at radius 3 is 2.28 bits per heavy atom. The molecule has 0 fully saturated rings. The van der Waals surface area contributed by atoms with E-state index in [0.29, 0.717) is 50.4 Å². The van der Waals surface area contributed by atoms with Gasteiger partial charge >= 0.3 is 0 Å². The first-order valence-corrected chi connectivity index (χ1v) is 14.7. The standard InChI is InChI=1S/C29H28N6O6S2/c1-38-20-11-7-6-10-19(20)35-24(15-30-27(37)17-13-21(39-2)26(41-4)22(14-17)40-3)33-34-29(35)42-16-25(36)32-28-31-18-9-5-8-12-23(18)43-28/h5-14H,15-16H2,1-4H3,(H,30,37)(H,31,32,36). The van der Waals surface area contributed by atoms with Gasteiger partial charge in [-0.25, -0.2) is 4.98 Å². The fourth-order valence-electron chi connectivity index (χ4n) is 4.25. The van der Waals surface area contributed by atoms with Crippen molar-refractivity contribution in [3.05, 3.63) is 72.1 Å². The number of hydrogen-bond donors (Lipinski definition) is 2. The molecule has 0 aliphatic carbocycles. The number of anilines is 1. The predicted molar refractivity (Wildman–Crippen MR) is 164 cm³/mol. The number of thioether (sulfide) groups is 1. The van der Waals surface area contributed by atoms with Crippen LogP contribution in [0.5, 0.6) is 23.0 Å². The first kappa shape index (κ1) is 29.7. The molecule has 3 aromatic carbocycles. The summed E-state index contributed by atoms with van der Waals surface area (Å²) in [5.41, 5.74) is 1.78. The molecule has 0 saturated heterocycles. The minimum Gasteiger partial charge on any atom is -0.495 e. The summed E-state index contributed by atoms with van der Waals surface area (Å²) in [6.45, 7) is 0.0268. The van der Waals surface area contributed by atoms with Crippen molar-refractivity contribution in [2.75, 3.05) is 39.5 Å². The number of aromatic nitrogens is 4. The van der Waals surface area contributed by atoms with Gasteiger partial charge in [0.15, 0.2) is 27.6 Å². The number of methoxy groups -OCH3 is 4. The third-order valence-electron chi connectivity index (χ3n) is 6.23. The van der Waals surface area contributed by atoms with Crippen molar-refractivity contribution < 1.29 is 28.5 Å². The molecule has 0 atom stereocenters. The van der Waals surface area contributed by atoms with E-state index in [1.54, 1.807) is 23.8 Å². The van der Waals surface area contributed by atoms with Gasteiger partial charge in [0.25, 0.3) is 5.91 Å². The quantitative estimate of drug-likeness (QED) is 0.191. The average Bonchev–Trinajstić information content (AvgIpc) is 3.64. The lowest BCUT2D eigenvalue weighted by molar-refractivity contribution is -0.113. The highest BCUT2D eigenvalue weighted by Crippen LogP contribution is 2.38. The van der Waals surface area contributed by atoms with E-state index in [9.17, 15) is 9.59 Å². The van der Waals surface area contributed by atoms with Gasteiger partial charge in [-0.15, -0.1) is 10.2 Å². The van der Waals surface area contributed by atoms with Gasteiger partial charge < -0.3 is 29.6 Å². The lowest BCUT2D eigenvalue weighted by atomic mass is 10.1. The third kappa shape index (κ3) is 6.49. The molecule has 12 nitrogen and oxygen atoms in total. The molecule has 43 heavy (non-hydrogen) atoms. The molecule has 0 radical (unpaired) electrons. The Bertz CT molecular complexity index is 1710. The highest BCUT2D eigenvalue weighted by atomic mass is 32.2. The van der Waals surface area contributed by atoms with Gasteiger partial charge in [0, 0.05) is 5.56 Å². The smallest absolute Gasteiger partial charge is 0.251 e. The Morgan fingerprint density at radius 2 is 1.58 bits per heavy atom. The van der Waals surface area contributed by atoms with Gasteiger partial charge in [-0.1, -0.05) is 47.4 Å². The number of amides is 2. The summed E-state index contributed by atoms with van der Waals surface area (Å²) in [6.07, 6.45) is 0. The number of carbonyl (C=O) groups excluding carboxylic acids is 2. The molecule has 0 spiro atoms. The first-order valence-electron chi connectivity index (χ1n) is 12.9. The number of para-hydroxylation sites is 3. The van der Waals surface area contributed by atoms with Crippen LogP contribution in [0.4, 0.5) is 5.13 Å². The molecule has 0 aliphatic heterocycles. The molecule has 0 saturated carbocycles. The summed E-state index contributed by atoms with van der Waals surface area (Å²) in [5.74, 6) is 1.51. The zero-order chi connectivity index (χ0) is 30.3. The predicted octanol–water partition coefficient (Wildman–Crippen LogP) is 4.57. The number of hydrogen-bond acceptors (Lipinski definition) is 11. The maximum Gasteiger partial charge on any atom is 0.251 e. The Labute approximate surface area is 255 Å². The SMILES string of the molecule is COc1ccccc1-n1c(CNC(=O)c2cc(OC)c(OC)c(OC)c2)nnc1SCC(=O)Nc1nc2ccccc2s1. The topological polar surface area (TPSA) is 139 Å². The van der Waals surface area contributed by atoms with Crippen LogP contribution >= 0.6 is 23.1 Å². The molecule has 0 unspecified atom stereocenters. The van der Waals surface area contributed by atoms with Crippen LogP contribution in [0.3, 0.4) is 0 Å². The van der Waals surface area contributed by atoms with Gasteiger partial charge in [-0.3, -0.25) is 14.2 Å². The number of thiazole rings is 1. The molecule has 14 heteroatoms. The van der Waals surface area contributed by atoms with Crippen LogP contribution in [0.2, 0.25) is 0 Å². The van der Waals surface area contributed by atoms with E-state index >= 15 is 0 Å². The maximum absolute atomic E-state index is 13.2. The Hall–Kier alpha value is -4.82. The summed E-state index contributed by atoms with van der Waals surface area (Å²) in [4.78, 5) is 30.5. The molecular formula is C29H28N6O6S2. The van der Waals surface area contributed by atoms with E-state index in [2.05, 4.69) is 25.8 Å². The Morgan fingerprint density at radius 1 is 0.884 bits per heavy atom. The van der Waals surface area contributed by atoms with Crippen LogP contribution in [0.15, 0.2) is 65.8 Å². The summed E-state index contributed by atoms with van der Waals surface area (Å²) < 4.78 is 24.4. The van der Waals surface area contributed by atoms with Crippen molar-refractivity contribution in [1.82, 2.24) is 25.1 Å². The van der Waals surface area contributed by atoms with Crippen molar-refractivity contribution in [2.45, 2.75) is 11.7 Å². The van der Waals surface area contributed by atoms with E-state index in [4.69, 9.17) is 18.9 Å². The van der Waals surface area contributed by atoms with Crippen LogP contribution < -0.4 is 29.6 Å². The highest BCUT2D eigenvalue weighted by Gasteiger charge is 2.21. The second-order valence-electron chi connectivity index (χ2n) is 8.83. The summed E-state index contributed by atoms with van der Waals surface area (Å²) in [7, 11) is 6.01. The Kier molecular flexibility index (Phi) is 9.27. The molecular weight excluding hydrogens is 592 g/mol. The van der Waals surface area contributed by atoms with Gasteiger partial charge in [0.2, 0.25) is 11.7 Å². The van der Waals surface area contributed by atoms with Crippen LogP contribution in [0.1, 0.15) is 16.2 Å². The number of carbonyl (C=O) groups is 2. The molecule has 2 aromatic heterocycles. The van der Waals surface area contributed by atoms with Gasteiger partial charge in [-0.2, -0.15) is 0 Å². The average molecular weight is 621 g/mol. The van der Waals surface area contributed by atoms with E-state index in [0.717, 1.165) is 10.2 Å². The zero-order valence-electron chi connectivity index (χ0n) is 23.7. The molecule has 5 aromatic rings. The minimum atomic E-state index is -0.391. The fraction of sp³-hybridized carbons (Fsp3) is 0.207. The first-order chi connectivity index (χ1) is 20.9. The van der Waals surface area contributed by atoms with Gasteiger partial charge in [0.05, 0.1) is 56.6 Å². The van der Waals surface area contributed by atoms with Crippen molar-refractivity contribution in [3.8, 4) is 28.7 Å². The number of fused-ring (bicyclic) bond motifs is 1. The van der Waals surface area contributed by atoms with Crippen molar-refractivity contribution in [1.29, 1.82) is 0 Å².